The molecule has 2 aromatic rings. The van der Waals surface area contributed by atoms with Crippen LogP contribution in [0, 0.1) is 14.4 Å². The molecular weight excluding hydrogens is 617 g/mol. The van der Waals surface area contributed by atoms with Crippen LogP contribution in [-0.2, 0) is 13.0 Å². The monoisotopic (exact) mass is 646 g/mol. The van der Waals surface area contributed by atoms with Crippen LogP contribution in [0.3, 0.4) is 0 Å². The van der Waals surface area contributed by atoms with Crippen LogP contribution >= 0.6 is 0 Å². The number of fused-ring (bicyclic) bond motifs is 4. The number of benzene rings is 2. The number of hydrogen-bond donors (Lipinski definition) is 1. The van der Waals surface area contributed by atoms with E-state index in [-0.39, 0.29) is 13.6 Å². The first-order valence-electron chi connectivity index (χ1n) is 9.35. The minimum Gasteiger partial charge on any atom is -0.410 e. The Bertz CT molecular complexity index is 879. The molecule has 2 heterocycles. The van der Waals surface area contributed by atoms with E-state index in [0.717, 1.165) is 19.5 Å². The first kappa shape index (κ1) is 21.8. The van der Waals surface area contributed by atoms with E-state index in [4.69, 9.17) is 4.74 Å². The molecule has 0 spiro atoms. The van der Waals surface area contributed by atoms with Crippen LogP contribution in [0.4, 0.5) is 10.5 Å². The van der Waals surface area contributed by atoms with Crippen molar-refractivity contribution in [2.75, 3.05) is 18.5 Å². The van der Waals surface area contributed by atoms with Gasteiger partial charge in [0.25, 0.3) is 0 Å². The van der Waals surface area contributed by atoms with E-state index in [1.165, 1.54) is 22.4 Å². The summed E-state index contributed by atoms with van der Waals surface area (Å²) >= 11 is 0. The molecule has 29 heavy (non-hydrogen) atoms. The third-order valence-electron chi connectivity index (χ3n) is 5.17. The summed E-state index contributed by atoms with van der Waals surface area (Å²) in [5, 5.41) is 2.72. The summed E-state index contributed by atoms with van der Waals surface area (Å²) in [5.41, 5.74) is 4.60. The van der Waals surface area contributed by atoms with Crippen molar-refractivity contribution in [2.24, 2.45) is 0 Å². The van der Waals surface area contributed by atoms with Gasteiger partial charge in [-0.25, -0.2) is 4.79 Å². The number of carbonyl (C=O) groups excluding carboxylic acids is 1. The molecule has 2 aliphatic heterocycles. The van der Waals surface area contributed by atoms with E-state index < -0.39 is 11.6 Å². The number of nitrogens with zero attached hydrogens (tertiary/aromatic N) is 2. The number of rotatable bonds is 2. The van der Waals surface area contributed by atoms with Crippen LogP contribution in [0.15, 0.2) is 42.5 Å². The molecule has 2 aromatic carbocycles. The zero-order valence-electron chi connectivity index (χ0n) is 17.9. The van der Waals surface area contributed by atoms with Gasteiger partial charge in [-0.3, -0.25) is 4.90 Å². The van der Waals surface area contributed by atoms with Gasteiger partial charge in [-0.2, -0.15) is 0 Å². The quantitative estimate of drug-likeness (QED) is 0.494. The van der Waals surface area contributed by atoms with E-state index in [0.29, 0.717) is 5.75 Å². The zero-order valence-corrected chi connectivity index (χ0v) is 24.3. The Balaban J connectivity index is 0.00000150. The largest absolute Gasteiger partial charge is 0.410 e. The fraction of sp³-hybridized carbons (Fsp3) is 0.348. The molecule has 4 rings (SSSR count). The van der Waals surface area contributed by atoms with Crippen molar-refractivity contribution in [3.8, 4) is 5.75 Å². The van der Waals surface area contributed by atoms with Crippen molar-refractivity contribution in [1.82, 2.24) is 10.2 Å². The predicted molar refractivity (Wildman–Crippen MR) is 113 cm³/mol. The van der Waals surface area contributed by atoms with Crippen molar-refractivity contribution in [2.45, 2.75) is 38.5 Å². The summed E-state index contributed by atoms with van der Waals surface area (Å²) in [5.74, 6) is 0.555. The summed E-state index contributed by atoms with van der Waals surface area (Å²) in [7, 11) is 2.14. The summed E-state index contributed by atoms with van der Waals surface area (Å²) in [6.45, 7) is 9.38. The predicted octanol–water partition coefficient (Wildman–Crippen LogP) is 4.34. The number of carbonyl (C=O) groups is 1. The first-order valence-corrected chi connectivity index (χ1v) is 9.35. The number of nitrogens with one attached hydrogen (secondary N) is 1. The molecular formula is C23H29N3O2Rf-2. The van der Waals surface area contributed by atoms with Gasteiger partial charge in [-0.1, -0.05) is 43.7 Å². The molecule has 6 heteroatoms. The third-order valence-corrected chi connectivity index (χ3v) is 5.17. The molecule has 1 atom stereocenters. The number of anilines is 1. The Morgan fingerprint density at radius 1 is 1.21 bits per heavy atom. The van der Waals surface area contributed by atoms with E-state index in [9.17, 15) is 4.79 Å². The Morgan fingerprint density at radius 3 is 2.66 bits per heavy atom. The SMILES string of the molecule is [CH2-]C(C)(C)NC(=O)Oc1ccc2c(c1)CN1CCc3ccccc3C1N2C.[CH3-].[Rf]. The number of ether oxygens (including phenoxy) is 1. The fourth-order valence-electron chi connectivity index (χ4n) is 4.07. The molecule has 0 aromatic heterocycles. The van der Waals surface area contributed by atoms with Gasteiger partial charge < -0.3 is 29.3 Å². The number of hydrogen-bond acceptors (Lipinski definition) is 4. The van der Waals surface area contributed by atoms with E-state index in [1.807, 2.05) is 32.0 Å². The Morgan fingerprint density at radius 2 is 1.93 bits per heavy atom. The van der Waals surface area contributed by atoms with Crippen LogP contribution in [-0.4, -0.2) is 30.1 Å². The van der Waals surface area contributed by atoms with Gasteiger partial charge in [0, 0.05) is 25.8 Å². The molecule has 0 fully saturated rings. The van der Waals surface area contributed by atoms with Gasteiger partial charge in [0.15, 0.2) is 0 Å². The summed E-state index contributed by atoms with van der Waals surface area (Å²) in [6, 6.07) is 14.6. The summed E-state index contributed by atoms with van der Waals surface area (Å²) in [4.78, 5) is 16.8. The smallest absolute Gasteiger partial charge is 0.410 e. The molecule has 0 radical (unpaired) electrons. The van der Waals surface area contributed by atoms with Crippen LogP contribution in [0.25, 0.3) is 0 Å². The van der Waals surface area contributed by atoms with Gasteiger partial charge in [-0.05, 0) is 41.3 Å². The maximum absolute atomic E-state index is 12.0. The molecule has 0 bridgehead atoms. The van der Waals surface area contributed by atoms with Crippen LogP contribution in [0.1, 0.15) is 36.7 Å². The average Bonchev–Trinajstić information content (AvgIpc) is 2.59. The minimum absolute atomic E-state index is 0. The fourth-order valence-corrected chi connectivity index (χ4v) is 4.07. The third kappa shape index (κ3) is 4.16. The van der Waals surface area contributed by atoms with Gasteiger partial charge >= 0.3 is 6.09 Å². The Kier molecular flexibility index (Phi) is 5.88. The summed E-state index contributed by atoms with van der Waals surface area (Å²) < 4.78 is 5.46. The summed E-state index contributed by atoms with van der Waals surface area (Å²) in [6.07, 6.45) is 0.834. The normalized spacial score (nSPS) is 17.7. The second-order valence-corrected chi connectivity index (χ2v) is 8.09. The molecule has 2 aliphatic rings. The average molecular weight is 647 g/mol. The van der Waals surface area contributed by atoms with Crippen molar-refractivity contribution < 1.29 is 9.53 Å². The molecule has 1 unspecified atom stereocenters. The van der Waals surface area contributed by atoms with Crippen molar-refractivity contribution in [3.63, 3.8) is 0 Å². The second kappa shape index (κ2) is 7.84. The molecule has 0 aliphatic carbocycles. The molecule has 152 valence electrons. The molecule has 0 saturated heterocycles. The molecule has 0 saturated carbocycles. The van der Waals surface area contributed by atoms with E-state index in [2.05, 4.69) is 53.4 Å². The van der Waals surface area contributed by atoms with Gasteiger partial charge in [-0.15, -0.1) is 0 Å². The second-order valence-electron chi connectivity index (χ2n) is 8.09. The standard InChI is InChI=1S/C22H26N3O2.CH3.Rf/c1-22(2,3)23-21(26)27-17-9-10-19-16(13-17)14-25-12-11-15-7-5-6-8-18(15)20(25)24(19)4;;/h5-10,13,20H,1,11-12,14H2,2-4H3,(H,23,26);1H3;/q2*-1;. The Hall–Kier alpha value is -3.53. The topological polar surface area (TPSA) is 44.8 Å². The zero-order chi connectivity index (χ0) is 19.2. The molecule has 1 N–H and O–H groups in total. The van der Waals surface area contributed by atoms with Gasteiger partial charge in [0.1, 0.15) is 11.9 Å². The molecule has 1 amide bonds. The van der Waals surface area contributed by atoms with E-state index >= 15 is 0 Å². The maximum atomic E-state index is 12.0. The Labute approximate surface area is 168 Å². The maximum Gasteiger partial charge on any atom is 0.410 e. The molecule has 5 nitrogen and oxygen atoms in total. The minimum atomic E-state index is -0.570. The number of amides is 1. The van der Waals surface area contributed by atoms with Crippen molar-refractivity contribution >= 4 is 11.8 Å². The van der Waals surface area contributed by atoms with Crippen molar-refractivity contribution in [1.29, 1.82) is 0 Å². The van der Waals surface area contributed by atoms with Crippen molar-refractivity contribution in [3.05, 3.63) is 73.5 Å². The van der Waals surface area contributed by atoms with Crippen LogP contribution < -0.4 is 15.0 Å². The van der Waals surface area contributed by atoms with E-state index in [1.54, 1.807) is 0 Å². The van der Waals surface area contributed by atoms with Gasteiger partial charge in [0.05, 0.1) is 0 Å². The first-order chi connectivity index (χ1) is 12.8. The van der Waals surface area contributed by atoms with Gasteiger partial charge in [0.2, 0.25) is 0 Å². The van der Waals surface area contributed by atoms with Crippen LogP contribution in [0.2, 0.25) is 0 Å². The van der Waals surface area contributed by atoms with Crippen LogP contribution in [0.5, 0.6) is 5.75 Å².